The van der Waals surface area contributed by atoms with Gasteiger partial charge in [-0.15, -0.1) is 11.3 Å². The minimum absolute atomic E-state index is 0.265. The van der Waals surface area contributed by atoms with E-state index >= 15 is 0 Å². The number of benzene rings is 1. The molecule has 1 saturated heterocycles. The van der Waals surface area contributed by atoms with E-state index in [-0.39, 0.29) is 11.1 Å². The Balaban J connectivity index is 1.45. The summed E-state index contributed by atoms with van der Waals surface area (Å²) in [7, 11) is 0. The minimum Gasteiger partial charge on any atom is -0.472 e. The van der Waals surface area contributed by atoms with Crippen molar-refractivity contribution in [3.05, 3.63) is 47.2 Å². The molecule has 12 heteroatoms. The number of piperazine rings is 1. The van der Waals surface area contributed by atoms with E-state index < -0.39 is 23.2 Å². The Labute approximate surface area is 237 Å². The van der Waals surface area contributed by atoms with Gasteiger partial charge in [-0.3, -0.25) is 10.1 Å². The molecule has 0 radical (unpaired) electrons. The van der Waals surface area contributed by atoms with E-state index in [0.717, 1.165) is 11.1 Å². The first-order valence-electron chi connectivity index (χ1n) is 12.9. The van der Waals surface area contributed by atoms with Crippen LogP contribution < -0.4 is 15.5 Å². The third-order valence-electron chi connectivity index (χ3n) is 5.70. The molecule has 40 heavy (non-hydrogen) atoms. The standard InChI is InChI=1S/C28H35N5O6S/c1-27(2,3)38-25(35)30-20-8-7-18(19-9-14-37-16-19)15-21(20)29-23(34)24-31-22(17-40-24)32-10-12-33(13-11-32)26(36)39-28(4,5)6/h7-9,14-17H,10-13H2,1-6H3,(H,29,34)(H,30,35). The first-order chi connectivity index (χ1) is 18.8. The maximum Gasteiger partial charge on any atom is 0.412 e. The molecule has 1 aliphatic rings. The summed E-state index contributed by atoms with van der Waals surface area (Å²) in [5.74, 6) is 0.249. The fraction of sp³-hybridized carbons (Fsp3) is 0.429. The van der Waals surface area contributed by atoms with Gasteiger partial charge in [0.2, 0.25) is 0 Å². The lowest BCUT2D eigenvalue weighted by Gasteiger charge is -2.35. The average Bonchev–Trinajstić information content (AvgIpc) is 3.56. The van der Waals surface area contributed by atoms with Gasteiger partial charge in [0.05, 0.1) is 23.9 Å². The van der Waals surface area contributed by atoms with Crippen molar-refractivity contribution in [3.63, 3.8) is 0 Å². The lowest BCUT2D eigenvalue weighted by atomic mass is 10.1. The molecule has 1 aliphatic heterocycles. The summed E-state index contributed by atoms with van der Waals surface area (Å²) in [5.41, 5.74) is 1.15. The Kier molecular flexibility index (Phi) is 8.38. The number of hydrogen-bond donors (Lipinski definition) is 2. The summed E-state index contributed by atoms with van der Waals surface area (Å²) >= 11 is 1.22. The fourth-order valence-corrected chi connectivity index (χ4v) is 4.64. The van der Waals surface area contributed by atoms with E-state index in [1.165, 1.54) is 11.3 Å². The van der Waals surface area contributed by atoms with E-state index in [1.54, 1.807) is 56.4 Å². The van der Waals surface area contributed by atoms with Gasteiger partial charge in [0.25, 0.3) is 5.91 Å². The maximum atomic E-state index is 13.2. The molecular weight excluding hydrogens is 534 g/mol. The van der Waals surface area contributed by atoms with Gasteiger partial charge in [0, 0.05) is 37.1 Å². The second kappa shape index (κ2) is 11.6. The summed E-state index contributed by atoms with van der Waals surface area (Å²) in [6, 6.07) is 7.06. The molecule has 11 nitrogen and oxygen atoms in total. The van der Waals surface area contributed by atoms with Gasteiger partial charge >= 0.3 is 12.2 Å². The summed E-state index contributed by atoms with van der Waals surface area (Å²) < 4.78 is 16.0. The van der Waals surface area contributed by atoms with Crippen LogP contribution in [0.5, 0.6) is 0 Å². The van der Waals surface area contributed by atoms with Crippen LogP contribution in [-0.4, -0.2) is 65.4 Å². The summed E-state index contributed by atoms with van der Waals surface area (Å²) in [6.07, 6.45) is 2.18. The quantitative estimate of drug-likeness (QED) is 0.380. The second-order valence-corrected chi connectivity index (χ2v) is 12.2. The molecule has 0 bridgehead atoms. The Bertz CT molecular complexity index is 1350. The van der Waals surface area contributed by atoms with Gasteiger partial charge in [0.15, 0.2) is 5.01 Å². The molecule has 0 aliphatic carbocycles. The van der Waals surface area contributed by atoms with Crippen molar-refractivity contribution in [2.24, 2.45) is 0 Å². The van der Waals surface area contributed by atoms with Crippen molar-refractivity contribution in [2.45, 2.75) is 52.7 Å². The van der Waals surface area contributed by atoms with E-state index in [0.29, 0.717) is 43.4 Å². The molecule has 214 valence electrons. The van der Waals surface area contributed by atoms with Crippen molar-refractivity contribution in [1.82, 2.24) is 9.88 Å². The summed E-state index contributed by atoms with van der Waals surface area (Å²) in [5, 5.41) is 7.68. The summed E-state index contributed by atoms with van der Waals surface area (Å²) in [6.45, 7) is 13.0. The molecule has 1 fully saturated rings. The number of amides is 3. The highest BCUT2D eigenvalue weighted by molar-refractivity contribution is 7.12. The predicted octanol–water partition coefficient (Wildman–Crippen LogP) is 6.06. The molecule has 4 rings (SSSR count). The SMILES string of the molecule is CC(C)(C)OC(=O)Nc1ccc(-c2ccoc2)cc1NC(=O)c1nc(N2CCN(C(=O)OC(C)(C)C)CC2)cs1. The molecule has 0 spiro atoms. The van der Waals surface area contributed by atoms with Crippen molar-refractivity contribution in [1.29, 1.82) is 0 Å². The predicted molar refractivity (Wildman–Crippen MR) is 154 cm³/mol. The van der Waals surface area contributed by atoms with Gasteiger partial charge in [-0.2, -0.15) is 0 Å². The first-order valence-corrected chi connectivity index (χ1v) is 13.8. The third kappa shape index (κ3) is 7.75. The molecule has 0 unspecified atom stereocenters. The average molecular weight is 570 g/mol. The van der Waals surface area contributed by atoms with Crippen LogP contribution in [0.2, 0.25) is 0 Å². The number of aromatic nitrogens is 1. The van der Waals surface area contributed by atoms with Gasteiger partial charge in [-0.05, 0) is 65.3 Å². The Hall–Kier alpha value is -4.06. The van der Waals surface area contributed by atoms with Gasteiger partial charge in [-0.1, -0.05) is 6.07 Å². The highest BCUT2D eigenvalue weighted by Crippen LogP contribution is 2.31. The van der Waals surface area contributed by atoms with Crippen molar-refractivity contribution < 1.29 is 28.3 Å². The molecule has 3 aromatic rings. The van der Waals surface area contributed by atoms with Gasteiger partial charge in [-0.25, -0.2) is 14.6 Å². The largest absolute Gasteiger partial charge is 0.472 e. The van der Waals surface area contributed by atoms with Crippen LogP contribution in [-0.2, 0) is 9.47 Å². The molecule has 3 amide bonds. The van der Waals surface area contributed by atoms with E-state index in [2.05, 4.69) is 15.6 Å². The summed E-state index contributed by atoms with van der Waals surface area (Å²) in [4.78, 5) is 46.3. The normalized spacial score (nSPS) is 14.1. The van der Waals surface area contributed by atoms with Gasteiger partial charge < -0.3 is 29.0 Å². The number of carbonyl (C=O) groups is 3. The molecule has 0 saturated carbocycles. The highest BCUT2D eigenvalue weighted by Gasteiger charge is 2.27. The lowest BCUT2D eigenvalue weighted by molar-refractivity contribution is 0.0240. The number of hydrogen-bond acceptors (Lipinski definition) is 9. The first kappa shape index (κ1) is 28.9. The number of ether oxygens (including phenoxy) is 2. The third-order valence-corrected chi connectivity index (χ3v) is 6.53. The van der Waals surface area contributed by atoms with Crippen LogP contribution in [0, 0.1) is 0 Å². The van der Waals surface area contributed by atoms with Crippen LogP contribution in [0.15, 0.2) is 46.6 Å². The topological polar surface area (TPSA) is 126 Å². The number of nitrogens with zero attached hydrogens (tertiary/aromatic N) is 3. The van der Waals surface area contributed by atoms with E-state index in [4.69, 9.17) is 13.9 Å². The zero-order valence-electron chi connectivity index (χ0n) is 23.6. The highest BCUT2D eigenvalue weighted by atomic mass is 32.1. The lowest BCUT2D eigenvalue weighted by Crippen LogP contribution is -2.50. The molecule has 1 aromatic carbocycles. The zero-order chi connectivity index (χ0) is 29.1. The van der Waals surface area contributed by atoms with Crippen molar-refractivity contribution >= 4 is 46.6 Å². The zero-order valence-corrected chi connectivity index (χ0v) is 24.4. The van der Waals surface area contributed by atoms with Crippen LogP contribution in [0.4, 0.5) is 26.8 Å². The molecule has 0 atom stereocenters. The van der Waals surface area contributed by atoms with Gasteiger partial charge in [0.1, 0.15) is 17.0 Å². The van der Waals surface area contributed by atoms with Crippen LogP contribution >= 0.6 is 11.3 Å². The Morgan fingerprint density at radius 2 is 1.60 bits per heavy atom. The number of carbonyl (C=O) groups excluding carboxylic acids is 3. The molecular formula is C28H35N5O6S. The number of furan rings is 1. The smallest absolute Gasteiger partial charge is 0.412 e. The second-order valence-electron chi connectivity index (χ2n) is 11.3. The Morgan fingerprint density at radius 3 is 2.23 bits per heavy atom. The number of anilines is 3. The number of nitrogens with one attached hydrogen (secondary N) is 2. The van der Waals surface area contributed by atoms with Crippen LogP contribution in [0.1, 0.15) is 51.3 Å². The molecule has 2 aromatic heterocycles. The van der Waals surface area contributed by atoms with Crippen LogP contribution in [0.3, 0.4) is 0 Å². The Morgan fingerprint density at radius 1 is 0.900 bits per heavy atom. The van der Waals surface area contributed by atoms with Crippen LogP contribution in [0.25, 0.3) is 11.1 Å². The van der Waals surface area contributed by atoms with Crippen molar-refractivity contribution in [2.75, 3.05) is 41.7 Å². The van der Waals surface area contributed by atoms with Crippen molar-refractivity contribution in [3.8, 4) is 11.1 Å². The monoisotopic (exact) mass is 569 g/mol. The fourth-order valence-electron chi connectivity index (χ4n) is 3.91. The van der Waals surface area contributed by atoms with E-state index in [9.17, 15) is 14.4 Å². The number of thiazole rings is 1. The molecule has 3 heterocycles. The maximum absolute atomic E-state index is 13.2. The number of rotatable bonds is 5. The molecule has 2 N–H and O–H groups in total. The van der Waals surface area contributed by atoms with E-state index in [1.807, 2.05) is 37.1 Å². The minimum atomic E-state index is -0.681.